The number of amides is 1. The van der Waals surface area contributed by atoms with E-state index in [-0.39, 0.29) is 12.5 Å². The Kier molecular flexibility index (Phi) is 6.28. The minimum absolute atomic E-state index is 0.0000477. The van der Waals surface area contributed by atoms with Crippen molar-refractivity contribution < 1.29 is 9.90 Å². The summed E-state index contributed by atoms with van der Waals surface area (Å²) in [6.45, 7) is 2.28. The molecule has 0 aliphatic heterocycles. The molecule has 2 atom stereocenters. The van der Waals surface area contributed by atoms with Gasteiger partial charge in [0.2, 0.25) is 0 Å². The number of carbonyl (C=O) groups is 1. The van der Waals surface area contributed by atoms with Gasteiger partial charge in [-0.1, -0.05) is 38.0 Å². The lowest BCUT2D eigenvalue weighted by Gasteiger charge is -2.29. The molecular weight excluding hydrogens is 282 g/mol. The summed E-state index contributed by atoms with van der Waals surface area (Å²) in [5, 5.41) is 13.8. The molecule has 0 radical (unpaired) electrons. The van der Waals surface area contributed by atoms with E-state index in [9.17, 15) is 4.79 Å². The lowest BCUT2D eigenvalue weighted by Crippen LogP contribution is -2.38. The molecule has 1 heterocycles. The van der Waals surface area contributed by atoms with E-state index in [1.165, 1.54) is 30.6 Å². The van der Waals surface area contributed by atoms with Crippen LogP contribution in [0.1, 0.15) is 60.7 Å². The second-order valence-electron chi connectivity index (χ2n) is 5.55. The van der Waals surface area contributed by atoms with Crippen molar-refractivity contribution in [1.29, 1.82) is 0 Å². The average molecular weight is 305 g/mol. The number of hydrogen-bond donors (Lipinski definition) is 2. The largest absolute Gasteiger partial charge is 0.395 e. The maximum Gasteiger partial charge on any atom is 0.262 e. The summed E-state index contributed by atoms with van der Waals surface area (Å²) >= 11 is 1.43. The molecule has 0 bridgehead atoms. The smallest absolute Gasteiger partial charge is 0.262 e. The van der Waals surface area contributed by atoms with Crippen LogP contribution >= 0.6 is 11.3 Å². The molecule has 1 saturated carbocycles. The molecule has 1 aliphatic carbocycles. The molecule has 1 aliphatic rings. The summed E-state index contributed by atoms with van der Waals surface area (Å²) in [4.78, 5) is 13.1. The van der Waals surface area contributed by atoms with Crippen LogP contribution in [0.15, 0.2) is 11.4 Å². The van der Waals surface area contributed by atoms with Gasteiger partial charge < -0.3 is 10.4 Å². The highest BCUT2D eigenvalue weighted by molar-refractivity contribution is 7.12. The Morgan fingerprint density at radius 2 is 2.38 bits per heavy atom. The fraction of sp³-hybridized carbons (Fsp3) is 0.588. The van der Waals surface area contributed by atoms with E-state index in [2.05, 4.69) is 24.1 Å². The topological polar surface area (TPSA) is 49.3 Å². The van der Waals surface area contributed by atoms with Gasteiger partial charge in [0.15, 0.2) is 0 Å². The fourth-order valence-electron chi connectivity index (χ4n) is 2.84. The predicted octanol–water partition coefficient (Wildman–Crippen LogP) is 3.18. The molecule has 21 heavy (non-hydrogen) atoms. The molecule has 1 fully saturated rings. The van der Waals surface area contributed by atoms with E-state index in [0.29, 0.717) is 17.3 Å². The minimum atomic E-state index is 0.0000477. The highest BCUT2D eigenvalue weighted by Gasteiger charge is 2.23. The maximum absolute atomic E-state index is 12.4. The average Bonchev–Trinajstić information content (AvgIpc) is 2.96. The van der Waals surface area contributed by atoms with Crippen LogP contribution in [0.5, 0.6) is 0 Å². The number of thiophene rings is 1. The summed E-state index contributed by atoms with van der Waals surface area (Å²) in [5.74, 6) is 6.60. The molecule has 0 spiro atoms. The molecule has 1 aromatic rings. The Morgan fingerprint density at radius 1 is 1.52 bits per heavy atom. The second kappa shape index (κ2) is 8.21. The number of rotatable bonds is 4. The van der Waals surface area contributed by atoms with E-state index >= 15 is 0 Å². The number of aliphatic hydroxyl groups excluding tert-OH is 1. The summed E-state index contributed by atoms with van der Waals surface area (Å²) in [6.07, 6.45) is 6.32. The minimum Gasteiger partial charge on any atom is -0.395 e. The Bertz CT molecular complexity index is 526. The molecule has 4 heteroatoms. The van der Waals surface area contributed by atoms with Crippen LogP contribution in [-0.2, 0) is 0 Å². The third-order valence-corrected chi connectivity index (χ3v) is 4.94. The summed E-state index contributed by atoms with van der Waals surface area (Å²) in [5.41, 5.74) is 0.772. The Labute approximate surface area is 130 Å². The zero-order valence-electron chi connectivity index (χ0n) is 12.5. The van der Waals surface area contributed by atoms with Crippen molar-refractivity contribution in [2.75, 3.05) is 6.61 Å². The van der Waals surface area contributed by atoms with Gasteiger partial charge in [-0.05, 0) is 30.2 Å². The van der Waals surface area contributed by atoms with Gasteiger partial charge in [-0.15, -0.1) is 11.3 Å². The lowest BCUT2D eigenvalue weighted by molar-refractivity contribution is 0.0923. The Morgan fingerprint density at radius 3 is 3.14 bits per heavy atom. The van der Waals surface area contributed by atoms with Crippen molar-refractivity contribution in [3.8, 4) is 11.8 Å². The van der Waals surface area contributed by atoms with Crippen LogP contribution in [-0.4, -0.2) is 23.7 Å². The van der Waals surface area contributed by atoms with Crippen molar-refractivity contribution in [3.63, 3.8) is 0 Å². The van der Waals surface area contributed by atoms with Crippen molar-refractivity contribution in [3.05, 3.63) is 21.9 Å². The van der Waals surface area contributed by atoms with Crippen LogP contribution in [0.25, 0.3) is 0 Å². The second-order valence-corrected chi connectivity index (χ2v) is 6.47. The van der Waals surface area contributed by atoms with Gasteiger partial charge in [-0.3, -0.25) is 4.79 Å². The SMILES string of the molecule is CCC1CCCC(NC(=O)c2sccc2C#CCCO)C1. The zero-order valence-corrected chi connectivity index (χ0v) is 13.3. The summed E-state index contributed by atoms with van der Waals surface area (Å²) in [6, 6.07) is 2.18. The quantitative estimate of drug-likeness (QED) is 0.839. The van der Waals surface area contributed by atoms with Gasteiger partial charge in [-0.25, -0.2) is 0 Å². The van der Waals surface area contributed by atoms with Crippen LogP contribution in [0, 0.1) is 17.8 Å². The Balaban J connectivity index is 1.98. The van der Waals surface area contributed by atoms with Crippen LogP contribution in [0.2, 0.25) is 0 Å². The van der Waals surface area contributed by atoms with Gasteiger partial charge in [-0.2, -0.15) is 0 Å². The first-order valence-electron chi connectivity index (χ1n) is 7.72. The molecule has 2 unspecified atom stereocenters. The van der Waals surface area contributed by atoms with E-state index in [1.54, 1.807) is 0 Å². The van der Waals surface area contributed by atoms with Crippen LogP contribution < -0.4 is 5.32 Å². The number of hydrogen-bond acceptors (Lipinski definition) is 3. The summed E-state index contributed by atoms with van der Waals surface area (Å²) in [7, 11) is 0. The van der Waals surface area contributed by atoms with Gasteiger partial charge in [0, 0.05) is 18.0 Å². The number of carbonyl (C=O) groups excluding carboxylic acids is 1. The van der Waals surface area contributed by atoms with E-state index in [4.69, 9.17) is 5.11 Å². The first-order valence-corrected chi connectivity index (χ1v) is 8.60. The van der Waals surface area contributed by atoms with Crippen LogP contribution in [0.3, 0.4) is 0 Å². The third-order valence-electron chi connectivity index (χ3n) is 4.03. The van der Waals surface area contributed by atoms with Gasteiger partial charge >= 0.3 is 0 Å². The van der Waals surface area contributed by atoms with Crippen molar-refractivity contribution in [2.45, 2.75) is 51.5 Å². The highest BCUT2D eigenvalue weighted by atomic mass is 32.1. The standard InChI is InChI=1S/C17H23NO2S/c1-2-13-6-5-8-15(12-13)18-17(20)16-14(9-11-21-16)7-3-4-10-19/h9,11,13,15,19H,2,4-6,8,10,12H2,1H3,(H,18,20). The normalized spacial score (nSPS) is 21.4. The molecule has 0 saturated heterocycles. The van der Waals surface area contributed by atoms with Gasteiger partial charge in [0.25, 0.3) is 5.91 Å². The Hall–Kier alpha value is -1.31. The van der Waals surface area contributed by atoms with Crippen molar-refractivity contribution in [2.24, 2.45) is 5.92 Å². The van der Waals surface area contributed by atoms with E-state index in [0.717, 1.165) is 24.3 Å². The molecular formula is C17H23NO2S. The third kappa shape index (κ3) is 4.59. The maximum atomic E-state index is 12.4. The molecule has 3 nitrogen and oxygen atoms in total. The van der Waals surface area contributed by atoms with Crippen molar-refractivity contribution in [1.82, 2.24) is 5.32 Å². The molecule has 114 valence electrons. The first-order chi connectivity index (χ1) is 10.2. The van der Waals surface area contributed by atoms with E-state index in [1.807, 2.05) is 11.4 Å². The predicted molar refractivity (Wildman–Crippen MR) is 86.4 cm³/mol. The zero-order chi connectivity index (χ0) is 15.1. The molecule has 1 amide bonds. The van der Waals surface area contributed by atoms with Gasteiger partial charge in [0.05, 0.1) is 6.61 Å². The summed E-state index contributed by atoms with van der Waals surface area (Å²) < 4.78 is 0. The molecule has 1 aromatic heterocycles. The molecule has 2 N–H and O–H groups in total. The fourth-order valence-corrected chi connectivity index (χ4v) is 3.59. The van der Waals surface area contributed by atoms with E-state index < -0.39 is 0 Å². The molecule has 0 aromatic carbocycles. The number of aliphatic hydroxyl groups is 1. The first kappa shape index (κ1) is 16.1. The highest BCUT2D eigenvalue weighted by Crippen LogP contribution is 2.27. The van der Waals surface area contributed by atoms with Crippen LogP contribution in [0.4, 0.5) is 0 Å². The monoisotopic (exact) mass is 305 g/mol. The number of nitrogens with one attached hydrogen (secondary N) is 1. The molecule has 2 rings (SSSR count). The van der Waals surface area contributed by atoms with Gasteiger partial charge in [0.1, 0.15) is 4.88 Å². The lowest BCUT2D eigenvalue weighted by atomic mass is 9.84. The van der Waals surface area contributed by atoms with Crippen molar-refractivity contribution >= 4 is 17.2 Å².